The molecule has 0 nitrogen and oxygen atoms in total. The van der Waals surface area contributed by atoms with Crippen LogP contribution in [0.3, 0.4) is 0 Å². The Balaban J connectivity index is 3.23. The Bertz CT molecular complexity index is 284. The van der Waals surface area contributed by atoms with E-state index in [0.717, 1.165) is 12.8 Å². The molecular formula is C13H20. The molecule has 0 aromatic heterocycles. The molecule has 0 aliphatic heterocycles. The van der Waals surface area contributed by atoms with Crippen LogP contribution in [0.1, 0.15) is 43.0 Å². The minimum absolute atomic E-state index is 1.16. The van der Waals surface area contributed by atoms with Crippen LogP contribution < -0.4 is 0 Å². The van der Waals surface area contributed by atoms with E-state index >= 15 is 0 Å². The molecule has 0 spiro atoms. The van der Waals surface area contributed by atoms with E-state index in [4.69, 9.17) is 0 Å². The van der Waals surface area contributed by atoms with Crippen molar-refractivity contribution in [2.24, 2.45) is 0 Å². The van der Waals surface area contributed by atoms with Crippen molar-refractivity contribution in [2.45, 2.75) is 47.0 Å². The van der Waals surface area contributed by atoms with Gasteiger partial charge in [-0.05, 0) is 48.4 Å². The van der Waals surface area contributed by atoms with Crippen LogP contribution in [0.15, 0.2) is 12.1 Å². The van der Waals surface area contributed by atoms with Crippen molar-refractivity contribution in [1.29, 1.82) is 0 Å². The van der Waals surface area contributed by atoms with E-state index in [-0.39, 0.29) is 0 Å². The zero-order valence-corrected chi connectivity index (χ0v) is 9.28. The summed E-state index contributed by atoms with van der Waals surface area (Å²) in [5.41, 5.74) is 6.12. The van der Waals surface area contributed by atoms with E-state index in [1.807, 2.05) is 0 Å². The van der Waals surface area contributed by atoms with Crippen molar-refractivity contribution >= 4 is 0 Å². The molecule has 72 valence electrons. The SMILES string of the molecule is CCc1ccc(CC)c(CC)c1C. The van der Waals surface area contributed by atoms with Crippen molar-refractivity contribution in [2.75, 3.05) is 0 Å². The highest BCUT2D eigenvalue weighted by Crippen LogP contribution is 2.20. The summed E-state index contributed by atoms with van der Waals surface area (Å²) in [6, 6.07) is 4.58. The van der Waals surface area contributed by atoms with Crippen molar-refractivity contribution < 1.29 is 0 Å². The van der Waals surface area contributed by atoms with Crippen LogP contribution in [0.5, 0.6) is 0 Å². The summed E-state index contributed by atoms with van der Waals surface area (Å²) in [5.74, 6) is 0. The summed E-state index contributed by atoms with van der Waals surface area (Å²) in [7, 11) is 0. The number of hydrogen-bond acceptors (Lipinski definition) is 0. The first-order valence-corrected chi connectivity index (χ1v) is 5.34. The van der Waals surface area contributed by atoms with E-state index < -0.39 is 0 Å². The van der Waals surface area contributed by atoms with Gasteiger partial charge in [0.2, 0.25) is 0 Å². The summed E-state index contributed by atoms with van der Waals surface area (Å²) < 4.78 is 0. The Morgan fingerprint density at radius 2 is 1.38 bits per heavy atom. The minimum atomic E-state index is 1.16. The molecule has 0 amide bonds. The molecule has 0 radical (unpaired) electrons. The molecule has 1 aromatic rings. The summed E-state index contributed by atoms with van der Waals surface area (Å²) in [4.78, 5) is 0. The third kappa shape index (κ3) is 1.93. The van der Waals surface area contributed by atoms with E-state index in [9.17, 15) is 0 Å². The maximum atomic E-state index is 2.30. The lowest BCUT2D eigenvalue weighted by atomic mass is 9.93. The van der Waals surface area contributed by atoms with Gasteiger partial charge in [-0.3, -0.25) is 0 Å². The first-order valence-electron chi connectivity index (χ1n) is 5.34. The summed E-state index contributed by atoms with van der Waals surface area (Å²) in [6.07, 6.45) is 3.49. The first kappa shape index (κ1) is 10.3. The highest BCUT2D eigenvalue weighted by Gasteiger charge is 2.05. The fraction of sp³-hybridized carbons (Fsp3) is 0.538. The van der Waals surface area contributed by atoms with Gasteiger partial charge in [-0.25, -0.2) is 0 Å². The molecule has 1 aromatic carbocycles. The Morgan fingerprint density at radius 3 is 1.85 bits per heavy atom. The predicted octanol–water partition coefficient (Wildman–Crippen LogP) is 3.68. The minimum Gasteiger partial charge on any atom is -0.0613 e. The van der Waals surface area contributed by atoms with Gasteiger partial charge in [0.1, 0.15) is 0 Å². The Labute approximate surface area is 82.0 Å². The van der Waals surface area contributed by atoms with Crippen LogP contribution >= 0.6 is 0 Å². The lowest BCUT2D eigenvalue weighted by Crippen LogP contribution is -1.98. The normalized spacial score (nSPS) is 10.5. The van der Waals surface area contributed by atoms with Gasteiger partial charge in [0.15, 0.2) is 0 Å². The number of benzene rings is 1. The van der Waals surface area contributed by atoms with Gasteiger partial charge in [0.05, 0.1) is 0 Å². The summed E-state index contributed by atoms with van der Waals surface area (Å²) >= 11 is 0. The standard InChI is InChI=1S/C13H20/c1-5-11-8-9-12(6-2)13(7-3)10(11)4/h8-9H,5-7H2,1-4H3. The summed E-state index contributed by atoms with van der Waals surface area (Å²) in [5, 5.41) is 0. The van der Waals surface area contributed by atoms with Crippen LogP contribution in [0.2, 0.25) is 0 Å². The number of hydrogen-bond donors (Lipinski definition) is 0. The molecule has 0 bridgehead atoms. The van der Waals surface area contributed by atoms with E-state index in [1.165, 1.54) is 23.1 Å². The van der Waals surface area contributed by atoms with Gasteiger partial charge in [0.25, 0.3) is 0 Å². The second-order valence-corrected chi connectivity index (χ2v) is 3.55. The molecule has 13 heavy (non-hydrogen) atoms. The maximum Gasteiger partial charge on any atom is -0.0302 e. The van der Waals surface area contributed by atoms with Crippen LogP contribution in [-0.4, -0.2) is 0 Å². The lowest BCUT2D eigenvalue weighted by Gasteiger charge is -2.13. The monoisotopic (exact) mass is 176 g/mol. The Morgan fingerprint density at radius 1 is 0.846 bits per heavy atom. The van der Waals surface area contributed by atoms with Gasteiger partial charge in [-0.1, -0.05) is 32.9 Å². The van der Waals surface area contributed by atoms with Crippen LogP contribution in [-0.2, 0) is 19.3 Å². The van der Waals surface area contributed by atoms with Gasteiger partial charge < -0.3 is 0 Å². The number of rotatable bonds is 3. The number of aryl methyl sites for hydroxylation is 2. The van der Waals surface area contributed by atoms with E-state index in [1.54, 1.807) is 5.56 Å². The molecule has 0 N–H and O–H groups in total. The van der Waals surface area contributed by atoms with Crippen molar-refractivity contribution in [1.82, 2.24) is 0 Å². The topological polar surface area (TPSA) is 0 Å². The van der Waals surface area contributed by atoms with Crippen molar-refractivity contribution in [3.63, 3.8) is 0 Å². The second kappa shape index (κ2) is 4.45. The highest BCUT2D eigenvalue weighted by atomic mass is 14.1. The van der Waals surface area contributed by atoms with Gasteiger partial charge >= 0.3 is 0 Å². The molecule has 0 heteroatoms. The van der Waals surface area contributed by atoms with Crippen LogP contribution in [0.4, 0.5) is 0 Å². The quantitative estimate of drug-likeness (QED) is 0.659. The van der Waals surface area contributed by atoms with E-state index in [0.29, 0.717) is 0 Å². The third-order valence-electron chi connectivity index (χ3n) is 2.92. The van der Waals surface area contributed by atoms with Gasteiger partial charge in [0, 0.05) is 0 Å². The zero-order chi connectivity index (χ0) is 9.84. The molecule has 0 aliphatic carbocycles. The Kier molecular flexibility index (Phi) is 3.53. The molecule has 0 aliphatic rings. The van der Waals surface area contributed by atoms with Gasteiger partial charge in [-0.2, -0.15) is 0 Å². The zero-order valence-electron chi connectivity index (χ0n) is 9.28. The molecule has 0 atom stereocenters. The van der Waals surface area contributed by atoms with Crippen LogP contribution in [0, 0.1) is 6.92 Å². The largest absolute Gasteiger partial charge is 0.0613 e. The molecule has 0 unspecified atom stereocenters. The summed E-state index contributed by atoms with van der Waals surface area (Å²) in [6.45, 7) is 8.98. The molecular weight excluding hydrogens is 156 g/mol. The van der Waals surface area contributed by atoms with Crippen molar-refractivity contribution in [3.05, 3.63) is 34.4 Å². The average Bonchev–Trinajstić information content (AvgIpc) is 2.17. The molecule has 0 saturated heterocycles. The fourth-order valence-corrected chi connectivity index (χ4v) is 2.07. The fourth-order valence-electron chi connectivity index (χ4n) is 2.07. The maximum absolute atomic E-state index is 2.30. The van der Waals surface area contributed by atoms with Gasteiger partial charge in [-0.15, -0.1) is 0 Å². The third-order valence-corrected chi connectivity index (χ3v) is 2.92. The first-order chi connectivity index (χ1) is 6.24. The second-order valence-electron chi connectivity index (χ2n) is 3.55. The predicted molar refractivity (Wildman–Crippen MR) is 59.3 cm³/mol. The molecule has 1 rings (SSSR count). The average molecular weight is 176 g/mol. The molecule has 0 fully saturated rings. The highest BCUT2D eigenvalue weighted by molar-refractivity contribution is 5.40. The smallest absolute Gasteiger partial charge is 0.0302 e. The molecule has 0 saturated carbocycles. The lowest BCUT2D eigenvalue weighted by molar-refractivity contribution is 0.988. The molecule has 0 heterocycles. The van der Waals surface area contributed by atoms with Crippen LogP contribution in [0.25, 0.3) is 0 Å². The van der Waals surface area contributed by atoms with Crippen molar-refractivity contribution in [3.8, 4) is 0 Å². The Hall–Kier alpha value is -0.780. The van der Waals surface area contributed by atoms with E-state index in [2.05, 4.69) is 39.8 Å².